The SMILES string of the molecule is Cc1nc(CCNC(=O)c2cn[nH]c2C2CCCCN2)sc1C. The average molecular weight is 333 g/mol. The fraction of sp³-hybridized carbons (Fsp3) is 0.562. The van der Waals surface area contributed by atoms with E-state index >= 15 is 0 Å². The predicted octanol–water partition coefficient (Wildman–Crippen LogP) is 2.27. The molecule has 1 saturated heterocycles. The van der Waals surface area contributed by atoms with Gasteiger partial charge < -0.3 is 10.6 Å². The van der Waals surface area contributed by atoms with Gasteiger partial charge in [0.15, 0.2) is 0 Å². The number of rotatable bonds is 5. The molecular weight excluding hydrogens is 310 g/mol. The molecule has 0 saturated carbocycles. The number of carbonyl (C=O) groups is 1. The largest absolute Gasteiger partial charge is 0.352 e. The molecule has 6 nitrogen and oxygen atoms in total. The van der Waals surface area contributed by atoms with Gasteiger partial charge in [-0.3, -0.25) is 9.89 Å². The highest BCUT2D eigenvalue weighted by Crippen LogP contribution is 2.24. The van der Waals surface area contributed by atoms with Crippen LogP contribution >= 0.6 is 11.3 Å². The summed E-state index contributed by atoms with van der Waals surface area (Å²) in [5.74, 6) is -0.0638. The van der Waals surface area contributed by atoms with Gasteiger partial charge in [0.2, 0.25) is 0 Å². The molecule has 0 aromatic carbocycles. The summed E-state index contributed by atoms with van der Waals surface area (Å²) in [6.07, 6.45) is 5.80. The fourth-order valence-electron chi connectivity index (χ4n) is 2.87. The van der Waals surface area contributed by atoms with Crippen LogP contribution in [0.1, 0.15) is 56.9 Å². The van der Waals surface area contributed by atoms with Crippen LogP contribution < -0.4 is 10.6 Å². The topological polar surface area (TPSA) is 82.7 Å². The van der Waals surface area contributed by atoms with Crippen LogP contribution in [-0.2, 0) is 6.42 Å². The third kappa shape index (κ3) is 3.79. The molecule has 124 valence electrons. The van der Waals surface area contributed by atoms with Crippen molar-refractivity contribution >= 4 is 17.2 Å². The third-order valence-corrected chi connectivity index (χ3v) is 5.40. The van der Waals surface area contributed by atoms with Crippen molar-refractivity contribution in [3.63, 3.8) is 0 Å². The lowest BCUT2D eigenvalue weighted by atomic mass is 9.99. The van der Waals surface area contributed by atoms with Crippen LogP contribution in [0.4, 0.5) is 0 Å². The molecular formula is C16H23N5OS. The predicted molar refractivity (Wildman–Crippen MR) is 90.8 cm³/mol. The maximum atomic E-state index is 12.4. The number of H-pyrrole nitrogens is 1. The first-order valence-corrected chi connectivity index (χ1v) is 8.94. The van der Waals surface area contributed by atoms with Crippen molar-refractivity contribution in [3.05, 3.63) is 33.0 Å². The Morgan fingerprint density at radius 3 is 3.00 bits per heavy atom. The van der Waals surface area contributed by atoms with Crippen LogP contribution in [-0.4, -0.2) is 34.2 Å². The minimum atomic E-state index is -0.0638. The van der Waals surface area contributed by atoms with Gasteiger partial charge in [-0.15, -0.1) is 11.3 Å². The molecule has 1 aliphatic heterocycles. The van der Waals surface area contributed by atoms with E-state index in [1.165, 1.54) is 17.7 Å². The number of nitrogens with one attached hydrogen (secondary N) is 3. The van der Waals surface area contributed by atoms with Crippen molar-refractivity contribution in [2.75, 3.05) is 13.1 Å². The standard InChI is InChI=1S/C16H23N5OS/c1-10-11(2)23-14(20-10)6-8-18-16(22)12-9-19-21-15(12)13-5-3-4-7-17-13/h9,13,17H,3-8H2,1-2H3,(H,18,22)(H,19,21). The van der Waals surface area contributed by atoms with Crippen molar-refractivity contribution in [2.24, 2.45) is 0 Å². The number of piperidine rings is 1. The molecule has 0 aliphatic carbocycles. The lowest BCUT2D eigenvalue weighted by Crippen LogP contribution is -2.31. The molecule has 7 heteroatoms. The van der Waals surface area contributed by atoms with Crippen LogP contribution in [0.5, 0.6) is 0 Å². The second kappa shape index (κ2) is 7.23. The number of thiazole rings is 1. The normalized spacial score (nSPS) is 18.1. The van der Waals surface area contributed by atoms with Gasteiger partial charge >= 0.3 is 0 Å². The molecule has 1 atom stereocenters. The third-order valence-electron chi connectivity index (χ3n) is 4.27. The van der Waals surface area contributed by atoms with Crippen molar-refractivity contribution in [2.45, 2.75) is 45.6 Å². The zero-order valence-corrected chi connectivity index (χ0v) is 14.4. The quantitative estimate of drug-likeness (QED) is 0.784. The molecule has 3 heterocycles. The van der Waals surface area contributed by atoms with Gasteiger partial charge in [0.1, 0.15) is 0 Å². The maximum Gasteiger partial charge on any atom is 0.254 e. The first kappa shape index (κ1) is 16.1. The Labute approximate surface area is 140 Å². The number of carbonyl (C=O) groups excluding carboxylic acids is 1. The molecule has 1 unspecified atom stereocenters. The van der Waals surface area contributed by atoms with Crippen LogP contribution in [0.25, 0.3) is 0 Å². The summed E-state index contributed by atoms with van der Waals surface area (Å²) in [5.41, 5.74) is 2.64. The Kier molecular flexibility index (Phi) is 5.07. The summed E-state index contributed by atoms with van der Waals surface area (Å²) < 4.78 is 0. The molecule has 1 aliphatic rings. The maximum absolute atomic E-state index is 12.4. The number of hydrogen-bond donors (Lipinski definition) is 3. The summed E-state index contributed by atoms with van der Waals surface area (Å²) in [7, 11) is 0. The Bertz CT molecular complexity index is 652. The number of amides is 1. The monoisotopic (exact) mass is 333 g/mol. The van der Waals surface area contributed by atoms with Crippen LogP contribution in [0.2, 0.25) is 0 Å². The molecule has 2 aromatic heterocycles. The lowest BCUT2D eigenvalue weighted by molar-refractivity contribution is 0.0952. The first-order chi connectivity index (χ1) is 11.1. The number of hydrogen-bond acceptors (Lipinski definition) is 5. The molecule has 23 heavy (non-hydrogen) atoms. The number of aromatic amines is 1. The van der Waals surface area contributed by atoms with E-state index in [1.807, 2.05) is 6.92 Å². The zero-order chi connectivity index (χ0) is 16.2. The van der Waals surface area contributed by atoms with E-state index in [2.05, 4.69) is 32.7 Å². The molecule has 1 fully saturated rings. The van der Waals surface area contributed by atoms with Gasteiger partial charge in [0.05, 0.1) is 28.2 Å². The summed E-state index contributed by atoms with van der Waals surface area (Å²) in [6.45, 7) is 5.67. The zero-order valence-electron chi connectivity index (χ0n) is 13.6. The number of aromatic nitrogens is 3. The highest BCUT2D eigenvalue weighted by atomic mass is 32.1. The van der Waals surface area contributed by atoms with E-state index in [1.54, 1.807) is 17.5 Å². The Hall–Kier alpha value is -1.73. The van der Waals surface area contributed by atoms with Gasteiger partial charge in [-0.25, -0.2) is 4.98 Å². The second-order valence-electron chi connectivity index (χ2n) is 5.95. The van der Waals surface area contributed by atoms with Gasteiger partial charge in [-0.2, -0.15) is 5.10 Å². The fourth-order valence-corrected chi connectivity index (χ4v) is 3.80. The van der Waals surface area contributed by atoms with Crippen molar-refractivity contribution < 1.29 is 4.79 Å². The van der Waals surface area contributed by atoms with Crippen LogP contribution in [0.15, 0.2) is 6.20 Å². The van der Waals surface area contributed by atoms with E-state index in [-0.39, 0.29) is 11.9 Å². The molecule has 3 rings (SSSR count). The average Bonchev–Trinajstić information content (AvgIpc) is 3.16. The van der Waals surface area contributed by atoms with Gasteiger partial charge in [0.25, 0.3) is 5.91 Å². The van der Waals surface area contributed by atoms with Crippen molar-refractivity contribution in [3.8, 4) is 0 Å². The molecule has 0 bridgehead atoms. The summed E-state index contributed by atoms with van der Waals surface area (Å²) in [4.78, 5) is 18.2. The van der Waals surface area contributed by atoms with Crippen LogP contribution in [0.3, 0.4) is 0 Å². The Morgan fingerprint density at radius 1 is 1.43 bits per heavy atom. The highest BCUT2D eigenvalue weighted by Gasteiger charge is 2.22. The Balaban J connectivity index is 1.57. The minimum absolute atomic E-state index is 0.0638. The minimum Gasteiger partial charge on any atom is -0.352 e. The van der Waals surface area contributed by atoms with E-state index in [4.69, 9.17) is 0 Å². The first-order valence-electron chi connectivity index (χ1n) is 8.13. The second-order valence-corrected chi connectivity index (χ2v) is 7.24. The summed E-state index contributed by atoms with van der Waals surface area (Å²) in [6, 6.07) is 0.205. The van der Waals surface area contributed by atoms with E-state index < -0.39 is 0 Å². The molecule has 0 spiro atoms. The van der Waals surface area contributed by atoms with Crippen molar-refractivity contribution in [1.29, 1.82) is 0 Å². The number of aryl methyl sites for hydroxylation is 2. The van der Waals surface area contributed by atoms with Crippen LogP contribution in [0, 0.1) is 13.8 Å². The molecule has 3 N–H and O–H groups in total. The summed E-state index contributed by atoms with van der Waals surface area (Å²) in [5, 5.41) is 14.6. The molecule has 0 radical (unpaired) electrons. The smallest absolute Gasteiger partial charge is 0.254 e. The summed E-state index contributed by atoms with van der Waals surface area (Å²) >= 11 is 1.70. The van der Waals surface area contributed by atoms with E-state index in [0.29, 0.717) is 12.1 Å². The van der Waals surface area contributed by atoms with Gasteiger partial charge in [-0.05, 0) is 33.2 Å². The highest BCUT2D eigenvalue weighted by molar-refractivity contribution is 7.11. The molecule has 1 amide bonds. The van der Waals surface area contributed by atoms with E-state index in [9.17, 15) is 4.79 Å². The van der Waals surface area contributed by atoms with E-state index in [0.717, 1.165) is 35.8 Å². The lowest BCUT2D eigenvalue weighted by Gasteiger charge is -2.23. The molecule has 2 aromatic rings. The van der Waals surface area contributed by atoms with Gasteiger partial charge in [0, 0.05) is 23.9 Å². The number of nitrogens with zero attached hydrogens (tertiary/aromatic N) is 2. The van der Waals surface area contributed by atoms with Gasteiger partial charge in [-0.1, -0.05) is 6.42 Å². The van der Waals surface area contributed by atoms with Crippen molar-refractivity contribution in [1.82, 2.24) is 25.8 Å². The Morgan fingerprint density at radius 2 is 2.30 bits per heavy atom.